The van der Waals surface area contributed by atoms with Crippen molar-refractivity contribution in [3.05, 3.63) is 0 Å². The molecule has 88 valence electrons. The van der Waals surface area contributed by atoms with E-state index in [1.807, 2.05) is 13.8 Å². The summed E-state index contributed by atoms with van der Waals surface area (Å²) in [6.45, 7) is 4.90. The van der Waals surface area contributed by atoms with Crippen LogP contribution in [0.1, 0.15) is 27.2 Å². The van der Waals surface area contributed by atoms with Gasteiger partial charge < -0.3 is 15.9 Å². The quantitative estimate of drug-likeness (QED) is 0.577. The summed E-state index contributed by atoms with van der Waals surface area (Å²) in [7, 11) is 0. The van der Waals surface area contributed by atoms with E-state index >= 15 is 0 Å². The van der Waals surface area contributed by atoms with E-state index in [1.165, 1.54) is 0 Å². The molecule has 1 unspecified atom stereocenters. The lowest BCUT2D eigenvalue weighted by Gasteiger charge is -2.07. The maximum atomic E-state index is 10.1. The molecule has 15 heavy (non-hydrogen) atoms. The van der Waals surface area contributed by atoms with Crippen LogP contribution in [0.4, 0.5) is 0 Å². The normalized spacial score (nSPS) is 11.3. The predicted molar refractivity (Wildman–Crippen MR) is 53.4 cm³/mol. The summed E-state index contributed by atoms with van der Waals surface area (Å²) in [6, 6.07) is -0.690. The SMILES string of the molecule is CC(=O)C(=O)O.CC(C)CC(N)C(=O)O. The highest BCUT2D eigenvalue weighted by molar-refractivity contribution is 6.31. The Hall–Kier alpha value is -1.43. The molecule has 6 heteroatoms. The first-order chi connectivity index (χ1) is 6.68. The third kappa shape index (κ3) is 12.6. The number of ketones is 1. The standard InChI is InChI=1S/C6H13NO2.C3H4O3/c1-4(2)3-5(7)6(8)9;1-2(4)3(5)6/h4-5H,3,7H2,1-2H3,(H,8,9);1H3,(H,5,6). The van der Waals surface area contributed by atoms with Crippen LogP contribution in [0.3, 0.4) is 0 Å². The summed E-state index contributed by atoms with van der Waals surface area (Å²) < 4.78 is 0. The van der Waals surface area contributed by atoms with Crippen molar-refractivity contribution in [3.63, 3.8) is 0 Å². The van der Waals surface area contributed by atoms with E-state index in [9.17, 15) is 14.4 Å². The molecule has 6 nitrogen and oxygen atoms in total. The number of hydrogen-bond acceptors (Lipinski definition) is 4. The van der Waals surface area contributed by atoms with Crippen molar-refractivity contribution >= 4 is 17.7 Å². The van der Waals surface area contributed by atoms with Crippen molar-refractivity contribution in [2.45, 2.75) is 33.2 Å². The Labute approximate surface area is 88.1 Å². The largest absolute Gasteiger partial charge is 0.480 e. The number of carbonyl (C=O) groups excluding carboxylic acids is 1. The first-order valence-corrected chi connectivity index (χ1v) is 4.40. The second kappa shape index (κ2) is 7.93. The monoisotopic (exact) mass is 219 g/mol. The van der Waals surface area contributed by atoms with Crippen molar-refractivity contribution in [2.75, 3.05) is 0 Å². The molecule has 1 atom stereocenters. The summed E-state index contributed by atoms with van der Waals surface area (Å²) in [5, 5.41) is 15.9. The van der Waals surface area contributed by atoms with Crippen molar-refractivity contribution < 1.29 is 24.6 Å². The molecule has 0 radical (unpaired) electrons. The van der Waals surface area contributed by atoms with Gasteiger partial charge in [-0.15, -0.1) is 0 Å². The fraction of sp³-hybridized carbons (Fsp3) is 0.667. The van der Waals surface area contributed by atoms with Crippen molar-refractivity contribution in [2.24, 2.45) is 11.7 Å². The van der Waals surface area contributed by atoms with Gasteiger partial charge in [-0.2, -0.15) is 0 Å². The van der Waals surface area contributed by atoms with Gasteiger partial charge in [0.15, 0.2) is 0 Å². The van der Waals surface area contributed by atoms with E-state index in [2.05, 4.69) is 0 Å². The van der Waals surface area contributed by atoms with Crippen molar-refractivity contribution in [3.8, 4) is 0 Å². The summed E-state index contributed by atoms with van der Waals surface area (Å²) >= 11 is 0. The van der Waals surface area contributed by atoms with Gasteiger partial charge in [0.05, 0.1) is 0 Å². The zero-order valence-electron chi connectivity index (χ0n) is 9.06. The summed E-state index contributed by atoms with van der Waals surface area (Å²) in [5.74, 6) is -2.76. The van der Waals surface area contributed by atoms with Crippen molar-refractivity contribution in [1.29, 1.82) is 0 Å². The van der Waals surface area contributed by atoms with Crippen LogP contribution in [0.5, 0.6) is 0 Å². The van der Waals surface area contributed by atoms with Gasteiger partial charge in [-0.05, 0) is 12.3 Å². The van der Waals surface area contributed by atoms with E-state index < -0.39 is 23.8 Å². The smallest absolute Gasteiger partial charge is 0.371 e. The molecule has 0 saturated carbocycles. The highest BCUT2D eigenvalue weighted by Crippen LogP contribution is 2.01. The second-order valence-corrected chi connectivity index (χ2v) is 3.44. The Balaban J connectivity index is 0. The molecule has 0 aliphatic carbocycles. The van der Waals surface area contributed by atoms with Gasteiger partial charge >= 0.3 is 11.9 Å². The number of aliphatic carboxylic acids is 2. The van der Waals surface area contributed by atoms with Gasteiger partial charge in [0.1, 0.15) is 6.04 Å². The van der Waals surface area contributed by atoms with Crippen LogP contribution in [0, 0.1) is 5.92 Å². The number of rotatable bonds is 4. The molecule has 0 rings (SSSR count). The summed E-state index contributed by atoms with van der Waals surface area (Å²) in [5.41, 5.74) is 5.22. The maximum absolute atomic E-state index is 10.1. The Kier molecular flexibility index (Phi) is 8.46. The Morgan fingerprint density at radius 3 is 1.60 bits per heavy atom. The molecular weight excluding hydrogens is 202 g/mol. The lowest BCUT2D eigenvalue weighted by molar-refractivity contribution is -0.148. The lowest BCUT2D eigenvalue weighted by atomic mass is 10.1. The zero-order chi connectivity index (χ0) is 12.6. The first-order valence-electron chi connectivity index (χ1n) is 4.40. The fourth-order valence-electron chi connectivity index (χ4n) is 0.609. The summed E-state index contributed by atoms with van der Waals surface area (Å²) in [4.78, 5) is 29.0. The Morgan fingerprint density at radius 1 is 1.20 bits per heavy atom. The third-order valence-electron chi connectivity index (χ3n) is 1.34. The van der Waals surface area contributed by atoms with Crippen LogP contribution in [0.25, 0.3) is 0 Å². The van der Waals surface area contributed by atoms with E-state index in [1.54, 1.807) is 0 Å². The number of nitrogens with two attached hydrogens (primary N) is 1. The molecule has 0 heterocycles. The summed E-state index contributed by atoms with van der Waals surface area (Å²) in [6.07, 6.45) is 0.551. The van der Waals surface area contributed by atoms with E-state index in [0.29, 0.717) is 12.3 Å². The molecule has 0 aliphatic heterocycles. The van der Waals surface area contributed by atoms with Gasteiger partial charge in [0, 0.05) is 6.92 Å². The third-order valence-corrected chi connectivity index (χ3v) is 1.34. The fourth-order valence-corrected chi connectivity index (χ4v) is 0.609. The zero-order valence-corrected chi connectivity index (χ0v) is 9.06. The minimum Gasteiger partial charge on any atom is -0.480 e. The Morgan fingerprint density at radius 2 is 1.53 bits per heavy atom. The highest BCUT2D eigenvalue weighted by Gasteiger charge is 2.11. The first kappa shape index (κ1) is 16.0. The molecule has 0 saturated heterocycles. The molecule has 0 amide bonds. The van der Waals surface area contributed by atoms with E-state index in [4.69, 9.17) is 15.9 Å². The van der Waals surface area contributed by atoms with Gasteiger partial charge in [0.25, 0.3) is 0 Å². The number of carboxylic acids is 2. The molecule has 0 bridgehead atoms. The maximum Gasteiger partial charge on any atom is 0.371 e. The van der Waals surface area contributed by atoms with E-state index in [-0.39, 0.29) is 0 Å². The number of Topliss-reactive ketones (excluding diaryl/α,β-unsaturated/α-hetero) is 1. The second-order valence-electron chi connectivity index (χ2n) is 3.44. The highest BCUT2D eigenvalue weighted by atomic mass is 16.4. The molecule has 0 spiro atoms. The molecule has 0 aromatic heterocycles. The minimum absolute atomic E-state index is 0.357. The lowest BCUT2D eigenvalue weighted by Crippen LogP contribution is -2.31. The minimum atomic E-state index is -1.38. The van der Waals surface area contributed by atoms with Crippen LogP contribution in [0.15, 0.2) is 0 Å². The van der Waals surface area contributed by atoms with Crippen LogP contribution >= 0.6 is 0 Å². The van der Waals surface area contributed by atoms with Crippen LogP contribution < -0.4 is 5.73 Å². The van der Waals surface area contributed by atoms with Crippen LogP contribution in [-0.4, -0.2) is 34.0 Å². The van der Waals surface area contributed by atoms with Gasteiger partial charge in [-0.1, -0.05) is 13.8 Å². The van der Waals surface area contributed by atoms with Crippen LogP contribution in [-0.2, 0) is 14.4 Å². The Bertz CT molecular complexity index is 225. The molecule has 0 aliphatic rings. The van der Waals surface area contributed by atoms with E-state index in [0.717, 1.165) is 6.92 Å². The number of hydrogen-bond donors (Lipinski definition) is 3. The molecular formula is C9H17NO5. The molecule has 0 aromatic carbocycles. The molecule has 0 aromatic rings. The van der Waals surface area contributed by atoms with Crippen molar-refractivity contribution in [1.82, 2.24) is 0 Å². The van der Waals surface area contributed by atoms with Gasteiger partial charge in [-0.25, -0.2) is 4.79 Å². The average Bonchev–Trinajstić information content (AvgIpc) is 2.03. The molecule has 0 fully saturated rings. The van der Waals surface area contributed by atoms with Crippen LogP contribution in [0.2, 0.25) is 0 Å². The topological polar surface area (TPSA) is 118 Å². The number of carbonyl (C=O) groups is 3. The molecule has 4 N–H and O–H groups in total. The van der Waals surface area contributed by atoms with Gasteiger partial charge in [0.2, 0.25) is 5.78 Å². The average molecular weight is 219 g/mol. The predicted octanol–water partition coefficient (Wildman–Crippen LogP) is 0.104. The number of carboxylic acid groups (broad SMARTS) is 2. The van der Waals surface area contributed by atoms with Gasteiger partial charge in [-0.3, -0.25) is 9.59 Å².